The highest BCUT2D eigenvalue weighted by Crippen LogP contribution is 2.28. The Kier molecular flexibility index (Phi) is 6.23. The fraction of sp³-hybridized carbons (Fsp3) is 0.391. The molecule has 2 heterocycles. The van der Waals surface area contributed by atoms with Crippen LogP contribution in [0.3, 0.4) is 0 Å². The number of carbonyl (C=O) groups excluding carboxylic acids is 1. The van der Waals surface area contributed by atoms with Gasteiger partial charge in [-0.1, -0.05) is 6.07 Å². The van der Waals surface area contributed by atoms with E-state index in [0.717, 1.165) is 37.0 Å². The number of carbonyl (C=O) groups is 1. The lowest BCUT2D eigenvalue weighted by Crippen LogP contribution is -2.29. The van der Waals surface area contributed by atoms with E-state index in [9.17, 15) is 9.90 Å². The number of benzene rings is 1. The number of aromatic nitrogens is 4. The Balaban J connectivity index is 1.66. The summed E-state index contributed by atoms with van der Waals surface area (Å²) >= 11 is 0. The normalized spacial score (nSPS) is 18.3. The Morgan fingerprint density at radius 1 is 1.22 bits per heavy atom. The second kappa shape index (κ2) is 9.24. The average Bonchev–Trinajstić information content (AvgIpc) is 3.20. The first-order valence-corrected chi connectivity index (χ1v) is 10.8. The molecule has 1 aromatic carbocycles. The molecular weight excluding hydrogens is 406 g/mol. The summed E-state index contributed by atoms with van der Waals surface area (Å²) in [4.78, 5) is 25.5. The van der Waals surface area contributed by atoms with Crippen LogP contribution in [0.5, 0.6) is 0 Å². The monoisotopic (exact) mass is 433 g/mol. The molecule has 4 rings (SSSR count). The number of terminal acetylenes is 1. The molecule has 1 fully saturated rings. The molecule has 1 amide bonds. The van der Waals surface area contributed by atoms with E-state index in [0.29, 0.717) is 23.0 Å². The number of amides is 1. The number of imidazole rings is 1. The van der Waals surface area contributed by atoms with Gasteiger partial charge in [-0.15, -0.1) is 6.42 Å². The van der Waals surface area contributed by atoms with Crippen LogP contribution in [0.25, 0.3) is 11.2 Å². The lowest BCUT2D eigenvalue weighted by molar-refractivity contribution is -0.111. The van der Waals surface area contributed by atoms with Crippen molar-refractivity contribution < 1.29 is 9.90 Å². The smallest absolute Gasteiger partial charge is 0.300 e. The van der Waals surface area contributed by atoms with E-state index in [2.05, 4.69) is 34.8 Å². The number of nitrogens with zero attached hydrogens (tertiary/aromatic N) is 4. The van der Waals surface area contributed by atoms with Crippen LogP contribution in [0.2, 0.25) is 0 Å². The number of anilines is 4. The quantitative estimate of drug-likeness (QED) is 0.440. The summed E-state index contributed by atoms with van der Waals surface area (Å²) in [5, 5.41) is 19.2. The molecule has 166 valence electrons. The number of hydrogen-bond donors (Lipinski definition) is 4. The van der Waals surface area contributed by atoms with Gasteiger partial charge in [0, 0.05) is 23.5 Å². The van der Waals surface area contributed by atoms with Crippen LogP contribution in [0.1, 0.15) is 45.6 Å². The number of fused-ring (bicyclic) bond motifs is 1. The van der Waals surface area contributed by atoms with Gasteiger partial charge >= 0.3 is 0 Å². The van der Waals surface area contributed by atoms with Crippen molar-refractivity contribution in [2.45, 2.75) is 57.7 Å². The topological polar surface area (TPSA) is 117 Å². The molecule has 9 nitrogen and oxygen atoms in total. The van der Waals surface area contributed by atoms with Crippen LogP contribution < -0.4 is 16.0 Å². The van der Waals surface area contributed by atoms with Crippen LogP contribution in [-0.4, -0.2) is 42.7 Å². The summed E-state index contributed by atoms with van der Waals surface area (Å²) in [6.07, 6.45) is 9.96. The highest BCUT2D eigenvalue weighted by atomic mass is 16.3. The third kappa shape index (κ3) is 4.81. The first kappa shape index (κ1) is 21.6. The molecule has 0 aliphatic heterocycles. The molecule has 0 bridgehead atoms. The van der Waals surface area contributed by atoms with E-state index in [1.54, 1.807) is 18.5 Å². The predicted molar refractivity (Wildman–Crippen MR) is 125 cm³/mol. The minimum Gasteiger partial charge on any atom is -0.393 e. The average molecular weight is 434 g/mol. The van der Waals surface area contributed by atoms with Crippen molar-refractivity contribution in [3.63, 3.8) is 0 Å². The van der Waals surface area contributed by atoms with Gasteiger partial charge in [0.25, 0.3) is 5.91 Å². The molecule has 2 aromatic heterocycles. The summed E-state index contributed by atoms with van der Waals surface area (Å²) in [6, 6.07) is 7.61. The Bertz CT molecular complexity index is 1160. The molecule has 0 atom stereocenters. The minimum absolute atomic E-state index is 0.183. The van der Waals surface area contributed by atoms with E-state index in [4.69, 9.17) is 16.4 Å². The number of aliphatic hydroxyl groups excluding tert-OH is 1. The van der Waals surface area contributed by atoms with Gasteiger partial charge < -0.3 is 25.6 Å². The maximum absolute atomic E-state index is 11.5. The van der Waals surface area contributed by atoms with Gasteiger partial charge in [0.15, 0.2) is 17.0 Å². The van der Waals surface area contributed by atoms with Crippen molar-refractivity contribution in [2.75, 3.05) is 16.0 Å². The third-order valence-electron chi connectivity index (χ3n) is 5.52. The second-order valence-electron chi connectivity index (χ2n) is 8.27. The van der Waals surface area contributed by atoms with E-state index in [1.165, 1.54) is 0 Å². The molecule has 4 N–H and O–H groups in total. The predicted octanol–water partition coefficient (Wildman–Crippen LogP) is 3.44. The molecule has 0 saturated heterocycles. The summed E-state index contributed by atoms with van der Waals surface area (Å²) in [5.74, 6) is 2.61. The van der Waals surface area contributed by atoms with Gasteiger partial charge in [-0.3, -0.25) is 4.79 Å². The van der Waals surface area contributed by atoms with Crippen molar-refractivity contribution in [2.24, 2.45) is 0 Å². The lowest BCUT2D eigenvalue weighted by Gasteiger charge is -2.26. The highest BCUT2D eigenvalue weighted by Gasteiger charge is 2.21. The van der Waals surface area contributed by atoms with Crippen molar-refractivity contribution in [3.05, 3.63) is 30.6 Å². The fourth-order valence-corrected chi connectivity index (χ4v) is 3.83. The van der Waals surface area contributed by atoms with E-state index in [1.807, 2.05) is 22.6 Å². The van der Waals surface area contributed by atoms with Gasteiger partial charge in [0.05, 0.1) is 12.4 Å². The van der Waals surface area contributed by atoms with Crippen molar-refractivity contribution in [3.8, 4) is 12.3 Å². The zero-order valence-corrected chi connectivity index (χ0v) is 18.2. The van der Waals surface area contributed by atoms with Gasteiger partial charge in [0.2, 0.25) is 5.95 Å². The number of hydrogen-bond acceptors (Lipinski definition) is 7. The number of nitrogens with one attached hydrogen (secondary N) is 3. The lowest BCUT2D eigenvalue weighted by atomic mass is 9.93. The van der Waals surface area contributed by atoms with Gasteiger partial charge in [-0.05, 0) is 63.7 Å². The molecule has 3 aromatic rings. The third-order valence-corrected chi connectivity index (χ3v) is 5.52. The fourth-order valence-electron chi connectivity index (χ4n) is 3.83. The zero-order chi connectivity index (χ0) is 22.7. The molecule has 1 aliphatic rings. The Morgan fingerprint density at radius 2 is 1.97 bits per heavy atom. The molecule has 0 spiro atoms. The molecule has 0 unspecified atom stereocenters. The van der Waals surface area contributed by atoms with Crippen molar-refractivity contribution in [1.29, 1.82) is 0 Å². The molecular formula is C23H27N7O2. The Hall–Kier alpha value is -3.64. The maximum atomic E-state index is 11.5. The van der Waals surface area contributed by atoms with Gasteiger partial charge in [0.1, 0.15) is 0 Å². The molecule has 1 aliphatic carbocycles. The van der Waals surface area contributed by atoms with Crippen molar-refractivity contribution >= 4 is 40.2 Å². The summed E-state index contributed by atoms with van der Waals surface area (Å²) < 4.78 is 2.00. The Morgan fingerprint density at radius 3 is 2.69 bits per heavy atom. The van der Waals surface area contributed by atoms with E-state index >= 15 is 0 Å². The Labute approximate surface area is 186 Å². The first-order valence-electron chi connectivity index (χ1n) is 10.8. The summed E-state index contributed by atoms with van der Waals surface area (Å²) in [5.41, 5.74) is 2.69. The van der Waals surface area contributed by atoms with Crippen molar-refractivity contribution in [1.82, 2.24) is 19.5 Å². The SMILES string of the molecule is C#CC(=O)Nc1cccc(Nc2nc(NC3CCC(O)CC3)nc3c2ncn3C(C)C)c1. The largest absolute Gasteiger partial charge is 0.393 e. The second-order valence-corrected chi connectivity index (χ2v) is 8.27. The first-order chi connectivity index (χ1) is 15.4. The molecule has 1 saturated carbocycles. The van der Waals surface area contributed by atoms with Crippen LogP contribution in [0, 0.1) is 12.3 Å². The standard InChI is InChI=1S/C23H27N7O2/c1-4-19(32)25-16-6-5-7-17(12-16)26-21-20-22(30(13-24-20)14(2)3)29-23(28-21)27-15-8-10-18(31)11-9-15/h1,5-7,12-15,18,31H,8-11H2,2-3H3,(H,25,32)(H2,26,27,28,29). The molecule has 0 radical (unpaired) electrons. The number of aliphatic hydroxyl groups is 1. The van der Waals surface area contributed by atoms with Crippen LogP contribution >= 0.6 is 0 Å². The van der Waals surface area contributed by atoms with Gasteiger partial charge in [-0.25, -0.2) is 4.98 Å². The molecule has 32 heavy (non-hydrogen) atoms. The van der Waals surface area contributed by atoms with Crippen LogP contribution in [0.15, 0.2) is 30.6 Å². The minimum atomic E-state index is -0.508. The maximum Gasteiger partial charge on any atom is 0.300 e. The van der Waals surface area contributed by atoms with Gasteiger partial charge in [-0.2, -0.15) is 9.97 Å². The van der Waals surface area contributed by atoms with Crippen LogP contribution in [-0.2, 0) is 4.79 Å². The van der Waals surface area contributed by atoms with Crippen LogP contribution in [0.4, 0.5) is 23.1 Å². The van der Waals surface area contributed by atoms with E-state index in [-0.39, 0.29) is 18.2 Å². The zero-order valence-electron chi connectivity index (χ0n) is 18.2. The van der Waals surface area contributed by atoms with E-state index < -0.39 is 5.91 Å². The highest BCUT2D eigenvalue weighted by molar-refractivity contribution is 6.03. The number of rotatable bonds is 6. The molecule has 9 heteroatoms. The summed E-state index contributed by atoms with van der Waals surface area (Å²) in [6.45, 7) is 4.15. The summed E-state index contributed by atoms with van der Waals surface area (Å²) in [7, 11) is 0.